The predicted octanol–water partition coefficient (Wildman–Crippen LogP) is 3.57. The van der Waals surface area contributed by atoms with E-state index in [0.29, 0.717) is 17.6 Å². The van der Waals surface area contributed by atoms with Crippen molar-refractivity contribution in [2.45, 2.75) is 46.1 Å². The number of hydrogen-bond donors (Lipinski definition) is 3. The minimum absolute atomic E-state index is 0.0468. The van der Waals surface area contributed by atoms with Gasteiger partial charge in [0.1, 0.15) is 12.1 Å². The molecule has 1 aliphatic rings. The Hall–Kier alpha value is -4.45. The standard InChI is InChI=1S/C28H34N10O2/c1-17-12-19(6-7-21(17)18(2)34-24(39)25-36-26(37-40-25)28(3,4)5)22-13-23(33-16-32-22)35-27-30-14-20(15-31-27)38-10-8-29-9-11-38/h6-7,12-16,18,29H,8-11H2,1-5H3,(H,34,39)(H,30,31,32,33,35)/t18-/m1/s1. The van der Waals surface area contributed by atoms with Gasteiger partial charge in [-0.15, -0.1) is 0 Å². The number of aromatic nitrogens is 6. The van der Waals surface area contributed by atoms with Crippen molar-refractivity contribution in [1.29, 1.82) is 0 Å². The van der Waals surface area contributed by atoms with Gasteiger partial charge in [0.15, 0.2) is 5.82 Å². The largest absolute Gasteiger partial charge is 0.366 e. The first-order valence-electron chi connectivity index (χ1n) is 13.3. The fraction of sp³-hybridized carbons (Fsp3) is 0.393. The van der Waals surface area contributed by atoms with Gasteiger partial charge in [0.25, 0.3) is 0 Å². The van der Waals surface area contributed by atoms with Crippen LogP contribution in [0.5, 0.6) is 0 Å². The molecule has 0 radical (unpaired) electrons. The van der Waals surface area contributed by atoms with Crippen molar-refractivity contribution in [3.8, 4) is 11.3 Å². The lowest BCUT2D eigenvalue weighted by Crippen LogP contribution is -2.43. The summed E-state index contributed by atoms with van der Waals surface area (Å²) in [6.45, 7) is 13.6. The quantitative estimate of drug-likeness (QED) is 0.315. The molecule has 4 aromatic rings. The number of amides is 1. The number of nitrogens with one attached hydrogen (secondary N) is 3. The summed E-state index contributed by atoms with van der Waals surface area (Å²) in [6.07, 6.45) is 5.16. The van der Waals surface area contributed by atoms with E-state index in [2.05, 4.69) is 50.9 Å². The monoisotopic (exact) mass is 542 g/mol. The second kappa shape index (κ2) is 11.3. The van der Waals surface area contributed by atoms with E-state index in [1.165, 1.54) is 6.33 Å². The van der Waals surface area contributed by atoms with Gasteiger partial charge in [0, 0.05) is 43.2 Å². The molecule has 0 bridgehead atoms. The molecule has 1 aromatic carbocycles. The maximum atomic E-state index is 12.7. The fourth-order valence-electron chi connectivity index (χ4n) is 4.45. The summed E-state index contributed by atoms with van der Waals surface area (Å²) in [6, 6.07) is 7.58. The molecule has 12 heteroatoms. The Bertz CT molecular complexity index is 1470. The summed E-state index contributed by atoms with van der Waals surface area (Å²) < 4.78 is 5.18. The lowest BCUT2D eigenvalue weighted by Gasteiger charge is -2.28. The molecule has 1 amide bonds. The third kappa shape index (κ3) is 6.23. The van der Waals surface area contributed by atoms with Crippen molar-refractivity contribution in [3.05, 3.63) is 65.8 Å². The van der Waals surface area contributed by atoms with Crippen molar-refractivity contribution in [2.75, 3.05) is 36.4 Å². The number of carbonyl (C=O) groups is 1. The van der Waals surface area contributed by atoms with Crippen LogP contribution in [0.2, 0.25) is 0 Å². The Morgan fingerprint density at radius 1 is 1.07 bits per heavy atom. The summed E-state index contributed by atoms with van der Waals surface area (Å²) in [4.78, 5) is 36.9. The van der Waals surface area contributed by atoms with Crippen LogP contribution in [0.1, 0.15) is 61.4 Å². The first kappa shape index (κ1) is 27.1. The van der Waals surface area contributed by atoms with E-state index >= 15 is 0 Å². The second-order valence-electron chi connectivity index (χ2n) is 10.9. The lowest BCUT2D eigenvalue weighted by molar-refractivity contribution is 0.0895. The number of anilines is 3. The van der Waals surface area contributed by atoms with Crippen LogP contribution in [0.4, 0.5) is 17.5 Å². The van der Waals surface area contributed by atoms with Gasteiger partial charge >= 0.3 is 11.8 Å². The molecule has 0 aliphatic carbocycles. The van der Waals surface area contributed by atoms with E-state index < -0.39 is 5.91 Å². The first-order valence-corrected chi connectivity index (χ1v) is 13.3. The summed E-state index contributed by atoms with van der Waals surface area (Å²) in [5.41, 5.74) is 4.35. The van der Waals surface area contributed by atoms with E-state index in [9.17, 15) is 4.79 Å². The molecule has 0 saturated carbocycles. The number of aryl methyl sites for hydroxylation is 1. The van der Waals surface area contributed by atoms with Crippen molar-refractivity contribution < 1.29 is 9.32 Å². The molecule has 3 N–H and O–H groups in total. The molecule has 5 rings (SSSR count). The van der Waals surface area contributed by atoms with E-state index in [1.807, 2.05) is 71.3 Å². The maximum Gasteiger partial charge on any atom is 0.315 e. The highest BCUT2D eigenvalue weighted by atomic mass is 16.5. The minimum Gasteiger partial charge on any atom is -0.366 e. The minimum atomic E-state index is -0.409. The number of rotatable bonds is 7. The summed E-state index contributed by atoms with van der Waals surface area (Å²) >= 11 is 0. The lowest BCUT2D eigenvalue weighted by atomic mass is 9.96. The van der Waals surface area contributed by atoms with Crippen molar-refractivity contribution >= 4 is 23.4 Å². The zero-order chi connectivity index (χ0) is 28.3. The summed E-state index contributed by atoms with van der Waals surface area (Å²) in [5.74, 6) is 1.10. The van der Waals surface area contributed by atoms with Crippen molar-refractivity contribution in [3.63, 3.8) is 0 Å². The molecule has 0 spiro atoms. The third-order valence-corrected chi connectivity index (χ3v) is 6.70. The van der Waals surface area contributed by atoms with Gasteiger partial charge in [-0.25, -0.2) is 19.9 Å². The topological polar surface area (TPSA) is 147 Å². The van der Waals surface area contributed by atoms with Crippen LogP contribution in [0.3, 0.4) is 0 Å². The van der Waals surface area contributed by atoms with Crippen LogP contribution in [-0.4, -0.2) is 62.2 Å². The average molecular weight is 543 g/mol. The van der Waals surface area contributed by atoms with Crippen LogP contribution in [-0.2, 0) is 5.41 Å². The van der Waals surface area contributed by atoms with Gasteiger partial charge in [-0.3, -0.25) is 4.79 Å². The highest BCUT2D eigenvalue weighted by Crippen LogP contribution is 2.26. The number of carbonyl (C=O) groups excluding carboxylic acids is 1. The maximum absolute atomic E-state index is 12.7. The van der Waals surface area contributed by atoms with Crippen LogP contribution in [0.25, 0.3) is 11.3 Å². The molecule has 1 atom stereocenters. The molecule has 208 valence electrons. The van der Waals surface area contributed by atoms with Crippen LogP contribution in [0.15, 0.2) is 47.5 Å². The molecular weight excluding hydrogens is 508 g/mol. The second-order valence-corrected chi connectivity index (χ2v) is 10.9. The van der Waals surface area contributed by atoms with Crippen molar-refractivity contribution in [2.24, 2.45) is 0 Å². The van der Waals surface area contributed by atoms with Crippen LogP contribution < -0.4 is 20.9 Å². The Morgan fingerprint density at radius 2 is 1.82 bits per heavy atom. The molecule has 3 aromatic heterocycles. The number of piperazine rings is 1. The van der Waals surface area contributed by atoms with E-state index in [-0.39, 0.29) is 17.3 Å². The zero-order valence-corrected chi connectivity index (χ0v) is 23.4. The molecule has 1 fully saturated rings. The molecule has 12 nitrogen and oxygen atoms in total. The van der Waals surface area contributed by atoms with Crippen LogP contribution >= 0.6 is 0 Å². The van der Waals surface area contributed by atoms with E-state index in [1.54, 1.807) is 0 Å². The molecule has 40 heavy (non-hydrogen) atoms. The highest BCUT2D eigenvalue weighted by Gasteiger charge is 2.25. The number of benzene rings is 1. The van der Waals surface area contributed by atoms with Crippen molar-refractivity contribution in [1.82, 2.24) is 40.7 Å². The molecule has 1 saturated heterocycles. The van der Waals surface area contributed by atoms with Gasteiger partial charge in [0.05, 0.1) is 29.8 Å². The van der Waals surface area contributed by atoms with Gasteiger partial charge in [0.2, 0.25) is 5.95 Å². The SMILES string of the molecule is Cc1cc(-c2cc(Nc3ncc(N4CCNCC4)cn3)ncn2)ccc1[C@@H](C)NC(=O)c1nc(C(C)(C)C)no1. The molecule has 1 aliphatic heterocycles. The third-order valence-electron chi connectivity index (χ3n) is 6.70. The Morgan fingerprint density at radius 3 is 2.50 bits per heavy atom. The van der Waals surface area contributed by atoms with Gasteiger partial charge in [-0.05, 0) is 31.0 Å². The Balaban J connectivity index is 1.25. The number of hydrogen-bond acceptors (Lipinski definition) is 11. The summed E-state index contributed by atoms with van der Waals surface area (Å²) in [7, 11) is 0. The van der Waals surface area contributed by atoms with Gasteiger partial charge in [-0.1, -0.05) is 38.1 Å². The highest BCUT2D eigenvalue weighted by molar-refractivity contribution is 5.89. The van der Waals surface area contributed by atoms with Crippen LogP contribution in [0, 0.1) is 6.92 Å². The number of nitrogens with zero attached hydrogens (tertiary/aromatic N) is 7. The first-order chi connectivity index (χ1) is 19.2. The normalized spacial score (nSPS) is 14.6. The van der Waals surface area contributed by atoms with Gasteiger partial charge in [-0.2, -0.15) is 4.98 Å². The van der Waals surface area contributed by atoms with Gasteiger partial charge < -0.3 is 25.4 Å². The average Bonchev–Trinajstić information content (AvgIpc) is 3.46. The molecule has 0 unspecified atom stereocenters. The molecule has 4 heterocycles. The summed E-state index contributed by atoms with van der Waals surface area (Å²) in [5, 5.41) is 13.4. The Kier molecular flexibility index (Phi) is 7.69. The smallest absolute Gasteiger partial charge is 0.315 e. The predicted molar refractivity (Wildman–Crippen MR) is 151 cm³/mol. The van der Waals surface area contributed by atoms with E-state index in [4.69, 9.17) is 4.52 Å². The molecular formula is C28H34N10O2. The Labute approximate surface area is 233 Å². The fourth-order valence-corrected chi connectivity index (χ4v) is 4.45. The van der Waals surface area contributed by atoms with E-state index in [0.717, 1.165) is 54.3 Å². The zero-order valence-electron chi connectivity index (χ0n) is 23.4.